The lowest BCUT2D eigenvalue weighted by molar-refractivity contribution is -0.00826. The Morgan fingerprint density at radius 2 is 2.12 bits per heavy atom. The molecule has 0 N–H and O–H groups in total. The van der Waals surface area contributed by atoms with Crippen LogP contribution in [0.15, 0.2) is 18.2 Å². The molecule has 1 aliphatic rings. The first kappa shape index (κ1) is 11.9. The molecule has 0 heterocycles. The second-order valence-corrected chi connectivity index (χ2v) is 6.15. The van der Waals surface area contributed by atoms with E-state index in [1.807, 2.05) is 6.92 Å². The minimum atomic E-state index is -0.212. The number of hydrogen-bond acceptors (Lipinski definition) is 1. The van der Waals surface area contributed by atoms with Gasteiger partial charge in [0.1, 0.15) is 17.7 Å². The molecule has 2 atom stereocenters. The van der Waals surface area contributed by atoms with Crippen LogP contribution in [-0.4, -0.2) is 10.9 Å². The fourth-order valence-electron chi connectivity index (χ4n) is 1.93. The van der Waals surface area contributed by atoms with Gasteiger partial charge in [0.25, 0.3) is 0 Å². The van der Waals surface area contributed by atoms with Crippen molar-refractivity contribution in [2.24, 2.45) is 5.41 Å². The number of aryl methyl sites for hydroxylation is 1. The van der Waals surface area contributed by atoms with E-state index in [4.69, 9.17) is 4.74 Å². The summed E-state index contributed by atoms with van der Waals surface area (Å²) < 4.78 is 18.9. The summed E-state index contributed by atoms with van der Waals surface area (Å²) in [6.07, 6.45) is 1.21. The Hall–Kier alpha value is -0.570. The maximum absolute atomic E-state index is 12.9. The zero-order valence-corrected chi connectivity index (χ0v) is 11.3. The molecule has 0 aliphatic heterocycles. The summed E-state index contributed by atoms with van der Waals surface area (Å²) >= 11 is 3.63. The highest BCUT2D eigenvalue weighted by atomic mass is 79.9. The molecule has 0 saturated heterocycles. The molecule has 1 aromatic rings. The van der Waals surface area contributed by atoms with E-state index in [9.17, 15) is 4.39 Å². The standard InChI is InChI=1S/C13H16BrFO/c1-8-6-9(15)4-5-10(8)16-12-7-11(14)13(12,2)3/h4-6,11-12H,7H2,1-3H3. The van der Waals surface area contributed by atoms with Gasteiger partial charge in [-0.3, -0.25) is 0 Å². The molecule has 0 amide bonds. The average molecular weight is 287 g/mol. The van der Waals surface area contributed by atoms with E-state index in [1.54, 1.807) is 6.07 Å². The van der Waals surface area contributed by atoms with E-state index in [-0.39, 0.29) is 17.3 Å². The summed E-state index contributed by atoms with van der Waals surface area (Å²) in [5.74, 6) is 0.579. The number of benzene rings is 1. The Labute approximate surface area is 104 Å². The topological polar surface area (TPSA) is 9.23 Å². The van der Waals surface area contributed by atoms with Gasteiger partial charge in [-0.25, -0.2) is 4.39 Å². The maximum Gasteiger partial charge on any atom is 0.123 e. The van der Waals surface area contributed by atoms with Crippen molar-refractivity contribution in [1.29, 1.82) is 0 Å². The maximum atomic E-state index is 12.9. The lowest BCUT2D eigenvalue weighted by atomic mass is 9.69. The number of halogens is 2. The fourth-order valence-corrected chi connectivity index (χ4v) is 2.57. The van der Waals surface area contributed by atoms with Gasteiger partial charge in [0, 0.05) is 10.2 Å². The molecule has 0 spiro atoms. The number of alkyl halides is 1. The van der Waals surface area contributed by atoms with Gasteiger partial charge in [0.05, 0.1) is 0 Å². The predicted octanol–water partition coefficient (Wildman–Crippen LogP) is 4.07. The first-order valence-electron chi connectivity index (χ1n) is 5.48. The van der Waals surface area contributed by atoms with Crippen LogP contribution in [0.5, 0.6) is 5.75 Å². The van der Waals surface area contributed by atoms with Gasteiger partial charge in [-0.2, -0.15) is 0 Å². The van der Waals surface area contributed by atoms with Gasteiger partial charge in [-0.05, 0) is 37.1 Å². The van der Waals surface area contributed by atoms with Crippen molar-refractivity contribution >= 4 is 15.9 Å². The van der Waals surface area contributed by atoms with Crippen molar-refractivity contribution in [3.05, 3.63) is 29.6 Å². The third kappa shape index (κ3) is 1.97. The van der Waals surface area contributed by atoms with Crippen LogP contribution in [0, 0.1) is 18.2 Å². The lowest BCUT2D eigenvalue weighted by Gasteiger charge is -2.48. The van der Waals surface area contributed by atoms with Gasteiger partial charge in [-0.1, -0.05) is 29.8 Å². The third-order valence-corrected chi connectivity index (χ3v) is 5.02. The van der Waals surface area contributed by atoms with Crippen LogP contribution in [0.4, 0.5) is 4.39 Å². The van der Waals surface area contributed by atoms with E-state index >= 15 is 0 Å². The first-order chi connectivity index (χ1) is 7.41. The molecule has 0 aromatic heterocycles. The molecule has 0 radical (unpaired) electrons. The second-order valence-electron chi connectivity index (χ2n) is 5.04. The van der Waals surface area contributed by atoms with E-state index in [2.05, 4.69) is 29.8 Å². The molecule has 88 valence electrons. The van der Waals surface area contributed by atoms with Crippen molar-refractivity contribution < 1.29 is 9.13 Å². The molecule has 1 saturated carbocycles. The molecule has 3 heteroatoms. The predicted molar refractivity (Wildman–Crippen MR) is 66.7 cm³/mol. The molecule has 1 nitrogen and oxygen atoms in total. The zero-order valence-electron chi connectivity index (χ0n) is 9.76. The summed E-state index contributed by atoms with van der Waals surface area (Å²) in [6.45, 7) is 6.23. The van der Waals surface area contributed by atoms with Crippen LogP contribution >= 0.6 is 15.9 Å². The molecule has 2 rings (SSSR count). The van der Waals surface area contributed by atoms with E-state index in [0.29, 0.717) is 4.83 Å². The minimum Gasteiger partial charge on any atom is -0.490 e. The Kier molecular flexibility index (Phi) is 2.99. The third-order valence-electron chi connectivity index (χ3n) is 3.46. The van der Waals surface area contributed by atoms with Crippen LogP contribution in [0.2, 0.25) is 0 Å². The number of rotatable bonds is 2. The summed E-state index contributed by atoms with van der Waals surface area (Å²) in [5.41, 5.74) is 0.995. The highest BCUT2D eigenvalue weighted by molar-refractivity contribution is 9.09. The van der Waals surface area contributed by atoms with Crippen LogP contribution in [0.1, 0.15) is 25.8 Å². The Balaban J connectivity index is 2.11. The summed E-state index contributed by atoms with van der Waals surface area (Å²) in [6, 6.07) is 4.66. The second kappa shape index (κ2) is 4.02. The molecule has 1 aliphatic carbocycles. The lowest BCUT2D eigenvalue weighted by Crippen LogP contribution is -2.53. The fraction of sp³-hybridized carbons (Fsp3) is 0.538. The van der Waals surface area contributed by atoms with Gasteiger partial charge in [0.2, 0.25) is 0 Å². The largest absolute Gasteiger partial charge is 0.490 e. The quantitative estimate of drug-likeness (QED) is 0.745. The SMILES string of the molecule is Cc1cc(F)ccc1OC1CC(Br)C1(C)C. The molecule has 1 aromatic carbocycles. The van der Waals surface area contributed by atoms with Crippen molar-refractivity contribution in [3.63, 3.8) is 0 Å². The number of ether oxygens (including phenoxy) is 1. The highest BCUT2D eigenvalue weighted by Crippen LogP contribution is 2.47. The summed E-state index contributed by atoms with van der Waals surface area (Å²) in [4.78, 5) is 0.505. The molecule has 16 heavy (non-hydrogen) atoms. The Morgan fingerprint density at radius 1 is 1.44 bits per heavy atom. The van der Waals surface area contributed by atoms with E-state index in [0.717, 1.165) is 17.7 Å². The minimum absolute atomic E-state index is 0.140. The van der Waals surface area contributed by atoms with E-state index < -0.39 is 0 Å². The Morgan fingerprint density at radius 3 is 2.62 bits per heavy atom. The molecule has 0 bridgehead atoms. The van der Waals surface area contributed by atoms with Crippen LogP contribution in [0.3, 0.4) is 0 Å². The molecule has 1 fully saturated rings. The number of hydrogen-bond donors (Lipinski definition) is 0. The van der Waals surface area contributed by atoms with Gasteiger partial charge in [-0.15, -0.1) is 0 Å². The van der Waals surface area contributed by atoms with Crippen molar-refractivity contribution in [2.45, 2.75) is 38.1 Å². The van der Waals surface area contributed by atoms with Gasteiger partial charge < -0.3 is 4.74 Å². The summed E-state index contributed by atoms with van der Waals surface area (Å²) in [7, 11) is 0. The molecular weight excluding hydrogens is 271 g/mol. The Bertz CT molecular complexity index is 403. The van der Waals surface area contributed by atoms with Crippen LogP contribution in [-0.2, 0) is 0 Å². The monoisotopic (exact) mass is 286 g/mol. The van der Waals surface area contributed by atoms with Gasteiger partial charge >= 0.3 is 0 Å². The van der Waals surface area contributed by atoms with Crippen molar-refractivity contribution in [3.8, 4) is 5.75 Å². The smallest absolute Gasteiger partial charge is 0.123 e. The summed E-state index contributed by atoms with van der Waals surface area (Å²) in [5, 5.41) is 0. The van der Waals surface area contributed by atoms with Gasteiger partial charge in [0.15, 0.2) is 0 Å². The zero-order chi connectivity index (χ0) is 11.9. The van der Waals surface area contributed by atoms with Crippen molar-refractivity contribution in [2.75, 3.05) is 0 Å². The highest BCUT2D eigenvalue weighted by Gasteiger charge is 2.48. The van der Waals surface area contributed by atoms with E-state index in [1.165, 1.54) is 12.1 Å². The molecular formula is C13H16BrFO. The average Bonchev–Trinajstić information content (AvgIpc) is 2.21. The van der Waals surface area contributed by atoms with Crippen LogP contribution in [0.25, 0.3) is 0 Å². The molecule has 2 unspecified atom stereocenters. The first-order valence-corrected chi connectivity index (χ1v) is 6.39. The van der Waals surface area contributed by atoms with Crippen molar-refractivity contribution in [1.82, 2.24) is 0 Å². The normalized spacial score (nSPS) is 27.3. The van der Waals surface area contributed by atoms with Crippen LogP contribution < -0.4 is 4.74 Å².